The van der Waals surface area contributed by atoms with E-state index in [1.54, 1.807) is 12.2 Å². The molecule has 0 unspecified atom stereocenters. The molecule has 1 aliphatic carbocycles. The molecular weight excluding hydrogens is 356 g/mol. The molecule has 0 saturated heterocycles. The molecule has 0 heterocycles. The van der Waals surface area contributed by atoms with Gasteiger partial charge in [-0.05, 0) is 47.4 Å². The Morgan fingerprint density at radius 1 is 0.880 bits per heavy atom. The highest BCUT2D eigenvalue weighted by molar-refractivity contribution is 7.90. The van der Waals surface area contributed by atoms with Crippen LogP contribution in [0.1, 0.15) is 17.5 Å². The molecule has 0 aromatic heterocycles. The monoisotopic (exact) mass is 368 g/mol. The zero-order valence-electron chi connectivity index (χ0n) is 13.0. The highest BCUT2D eigenvalue weighted by Gasteiger charge is 2.22. The molecule has 1 aliphatic rings. The van der Waals surface area contributed by atoms with Crippen LogP contribution in [0.25, 0.3) is 11.1 Å². The van der Waals surface area contributed by atoms with Gasteiger partial charge in [-0.1, -0.05) is 18.2 Å². The molecule has 0 atom stereocenters. The highest BCUT2D eigenvalue weighted by Crippen LogP contribution is 2.37. The second-order valence-corrected chi connectivity index (χ2v) is 7.65. The summed E-state index contributed by atoms with van der Waals surface area (Å²) in [6.45, 7) is 0. The van der Waals surface area contributed by atoms with Gasteiger partial charge in [-0.15, -0.1) is 0 Å². The molecule has 2 aromatic rings. The van der Waals surface area contributed by atoms with Crippen LogP contribution in [0.2, 0.25) is 0 Å². The SMILES string of the molecule is CS(=O)(=O)c1cc(F)c(C2=C(c3ccc(F)c(F)c3)C=CC2)cc1F. The molecule has 7 heteroatoms. The van der Waals surface area contributed by atoms with Crippen molar-refractivity contribution in [1.82, 2.24) is 0 Å². The first-order valence-electron chi connectivity index (χ1n) is 7.23. The van der Waals surface area contributed by atoms with Crippen LogP contribution in [-0.2, 0) is 9.84 Å². The van der Waals surface area contributed by atoms with Crippen molar-refractivity contribution >= 4 is 21.0 Å². The van der Waals surface area contributed by atoms with Gasteiger partial charge in [-0.25, -0.2) is 26.0 Å². The van der Waals surface area contributed by atoms with E-state index in [4.69, 9.17) is 0 Å². The van der Waals surface area contributed by atoms with Crippen molar-refractivity contribution in [1.29, 1.82) is 0 Å². The Hall–Kier alpha value is -2.41. The topological polar surface area (TPSA) is 34.1 Å². The van der Waals surface area contributed by atoms with E-state index in [9.17, 15) is 26.0 Å². The van der Waals surface area contributed by atoms with Crippen LogP contribution in [0.15, 0.2) is 47.4 Å². The molecule has 0 saturated carbocycles. The van der Waals surface area contributed by atoms with Crippen molar-refractivity contribution in [2.24, 2.45) is 0 Å². The summed E-state index contributed by atoms with van der Waals surface area (Å²) in [4.78, 5) is -0.727. The minimum Gasteiger partial charge on any atom is -0.224 e. The summed E-state index contributed by atoms with van der Waals surface area (Å²) in [5.41, 5.74) is 0.982. The molecule has 2 aromatic carbocycles. The summed E-state index contributed by atoms with van der Waals surface area (Å²) in [5.74, 6) is -4.03. The molecule has 0 bridgehead atoms. The Balaban J connectivity index is 2.18. The van der Waals surface area contributed by atoms with Crippen molar-refractivity contribution in [3.05, 3.63) is 76.9 Å². The second-order valence-electron chi connectivity index (χ2n) is 5.66. The molecule has 0 radical (unpaired) electrons. The zero-order chi connectivity index (χ0) is 18.4. The van der Waals surface area contributed by atoms with E-state index >= 15 is 0 Å². The molecule has 2 nitrogen and oxygen atoms in total. The molecule has 130 valence electrons. The maximum Gasteiger partial charge on any atom is 0.178 e. The normalized spacial score (nSPS) is 14.4. The van der Waals surface area contributed by atoms with Crippen LogP contribution in [0.5, 0.6) is 0 Å². The van der Waals surface area contributed by atoms with Crippen molar-refractivity contribution in [2.75, 3.05) is 6.26 Å². The minimum atomic E-state index is -3.91. The van der Waals surface area contributed by atoms with E-state index < -0.39 is 38.0 Å². The first-order chi connectivity index (χ1) is 11.7. The van der Waals surface area contributed by atoms with Crippen molar-refractivity contribution < 1.29 is 26.0 Å². The van der Waals surface area contributed by atoms with Crippen molar-refractivity contribution in [2.45, 2.75) is 11.3 Å². The Bertz CT molecular complexity index is 1040. The van der Waals surface area contributed by atoms with Gasteiger partial charge in [0.05, 0.1) is 0 Å². The summed E-state index contributed by atoms with van der Waals surface area (Å²) in [7, 11) is -3.91. The lowest BCUT2D eigenvalue weighted by Crippen LogP contribution is -2.04. The van der Waals surface area contributed by atoms with Gasteiger partial charge in [0.15, 0.2) is 21.5 Å². The number of rotatable bonds is 3. The first kappa shape index (κ1) is 17.4. The summed E-state index contributed by atoms with van der Waals surface area (Å²) in [5, 5.41) is 0. The fourth-order valence-electron chi connectivity index (χ4n) is 2.74. The molecule has 3 rings (SSSR count). The van der Waals surface area contributed by atoms with Crippen LogP contribution in [0, 0.1) is 23.3 Å². The predicted octanol–water partition coefficient (Wildman–Crippen LogP) is 4.52. The average molecular weight is 368 g/mol. The van der Waals surface area contributed by atoms with Crippen LogP contribution in [0.4, 0.5) is 17.6 Å². The van der Waals surface area contributed by atoms with E-state index in [1.807, 2.05) is 0 Å². The molecule has 0 aliphatic heterocycles. The number of hydrogen-bond donors (Lipinski definition) is 0. The standard InChI is InChI=1S/C18H12F4O2S/c1-25(23,24)18-9-15(20)13(8-17(18)22)12-4-2-3-11(12)10-5-6-14(19)16(21)7-10/h2-3,5-9H,4H2,1H3. The third-order valence-electron chi connectivity index (χ3n) is 3.91. The third-order valence-corrected chi connectivity index (χ3v) is 5.02. The summed E-state index contributed by atoms with van der Waals surface area (Å²) in [6, 6.07) is 4.70. The molecular formula is C18H12F4O2S. The molecule has 0 fully saturated rings. The predicted molar refractivity (Wildman–Crippen MR) is 86.4 cm³/mol. The van der Waals surface area contributed by atoms with E-state index in [0.717, 1.165) is 24.5 Å². The number of sulfone groups is 1. The van der Waals surface area contributed by atoms with Gasteiger partial charge < -0.3 is 0 Å². The van der Waals surface area contributed by atoms with Crippen LogP contribution < -0.4 is 0 Å². The van der Waals surface area contributed by atoms with Crippen molar-refractivity contribution in [3.8, 4) is 0 Å². The van der Waals surface area contributed by atoms with E-state index in [-0.39, 0.29) is 12.0 Å². The summed E-state index contributed by atoms with van der Waals surface area (Å²) >= 11 is 0. The quantitative estimate of drug-likeness (QED) is 0.747. The lowest BCUT2D eigenvalue weighted by atomic mass is 9.96. The van der Waals surface area contributed by atoms with Crippen molar-refractivity contribution in [3.63, 3.8) is 0 Å². The van der Waals surface area contributed by atoms with Gasteiger partial charge in [-0.3, -0.25) is 0 Å². The Morgan fingerprint density at radius 3 is 2.24 bits per heavy atom. The van der Waals surface area contributed by atoms with Gasteiger partial charge in [0, 0.05) is 11.8 Å². The van der Waals surface area contributed by atoms with Crippen LogP contribution in [-0.4, -0.2) is 14.7 Å². The third kappa shape index (κ3) is 3.24. The number of allylic oxidation sites excluding steroid dienone is 4. The fourth-order valence-corrected chi connectivity index (χ4v) is 3.47. The van der Waals surface area contributed by atoms with E-state index in [2.05, 4.69) is 0 Å². The van der Waals surface area contributed by atoms with E-state index in [0.29, 0.717) is 22.8 Å². The van der Waals surface area contributed by atoms with E-state index in [1.165, 1.54) is 6.07 Å². The van der Waals surface area contributed by atoms with Gasteiger partial charge in [-0.2, -0.15) is 0 Å². The van der Waals surface area contributed by atoms with Gasteiger partial charge in [0.2, 0.25) is 0 Å². The van der Waals surface area contributed by atoms with Crippen LogP contribution in [0.3, 0.4) is 0 Å². The van der Waals surface area contributed by atoms with Gasteiger partial charge >= 0.3 is 0 Å². The first-order valence-corrected chi connectivity index (χ1v) is 9.12. The lowest BCUT2D eigenvalue weighted by Gasteiger charge is -2.11. The smallest absolute Gasteiger partial charge is 0.178 e. The fraction of sp³-hybridized carbons (Fsp3) is 0.111. The van der Waals surface area contributed by atoms with Gasteiger partial charge in [0.25, 0.3) is 0 Å². The maximum atomic E-state index is 14.4. The summed E-state index contributed by atoms with van der Waals surface area (Å²) in [6.07, 6.45) is 4.31. The largest absolute Gasteiger partial charge is 0.224 e. The Labute approximate surface area is 142 Å². The number of hydrogen-bond acceptors (Lipinski definition) is 2. The molecule has 0 amide bonds. The minimum absolute atomic E-state index is 0.116. The lowest BCUT2D eigenvalue weighted by molar-refractivity contribution is 0.508. The average Bonchev–Trinajstić information content (AvgIpc) is 3.00. The molecule has 0 spiro atoms. The maximum absolute atomic E-state index is 14.4. The molecule has 0 N–H and O–H groups in total. The number of benzene rings is 2. The van der Waals surface area contributed by atoms with Crippen LogP contribution >= 0.6 is 0 Å². The Morgan fingerprint density at radius 2 is 1.60 bits per heavy atom. The zero-order valence-corrected chi connectivity index (χ0v) is 13.8. The highest BCUT2D eigenvalue weighted by atomic mass is 32.2. The summed E-state index contributed by atoms with van der Waals surface area (Å²) < 4.78 is 78.1. The molecule has 25 heavy (non-hydrogen) atoms. The Kier molecular flexibility index (Phi) is 4.28. The van der Waals surface area contributed by atoms with Gasteiger partial charge in [0.1, 0.15) is 16.5 Å². The number of halogens is 4. The second kappa shape index (κ2) is 6.15.